The molecule has 0 aliphatic heterocycles. The molecule has 0 aliphatic rings. The van der Waals surface area contributed by atoms with Gasteiger partial charge in [-0.15, -0.1) is 0 Å². The Morgan fingerprint density at radius 2 is 1.67 bits per heavy atom. The number of nitrogens with zero attached hydrogens (tertiary/aromatic N) is 1. The molecule has 8 heteroatoms. The molecule has 0 saturated carbocycles. The van der Waals surface area contributed by atoms with Crippen LogP contribution >= 0.6 is 0 Å². The molecule has 30 heavy (non-hydrogen) atoms. The Morgan fingerprint density at radius 1 is 1.10 bits per heavy atom. The number of esters is 1. The van der Waals surface area contributed by atoms with Gasteiger partial charge >= 0.3 is 5.97 Å². The Labute approximate surface area is 178 Å². The minimum absolute atomic E-state index is 0.0565. The van der Waals surface area contributed by atoms with Crippen LogP contribution in [0.2, 0.25) is 0 Å². The number of anilines is 1. The normalized spacial score (nSPS) is 10.8. The summed E-state index contributed by atoms with van der Waals surface area (Å²) in [5.41, 5.74) is 0.401. The van der Waals surface area contributed by atoms with Crippen molar-refractivity contribution < 1.29 is 28.6 Å². The Kier molecular flexibility index (Phi) is 8.89. The van der Waals surface area contributed by atoms with Gasteiger partial charge in [0.15, 0.2) is 18.1 Å². The number of hydrogen-bond donors (Lipinski definition) is 1. The van der Waals surface area contributed by atoms with E-state index in [9.17, 15) is 14.4 Å². The van der Waals surface area contributed by atoms with E-state index >= 15 is 0 Å². The van der Waals surface area contributed by atoms with Gasteiger partial charge in [-0.2, -0.15) is 0 Å². The Morgan fingerprint density at radius 3 is 2.13 bits per heavy atom. The smallest absolute Gasteiger partial charge is 0.340 e. The topological polar surface area (TPSA) is 94.2 Å². The van der Waals surface area contributed by atoms with Gasteiger partial charge in [-0.1, -0.05) is 32.9 Å². The predicted molar refractivity (Wildman–Crippen MR) is 115 cm³/mol. The highest BCUT2D eigenvalue weighted by atomic mass is 16.5. The first kappa shape index (κ1) is 25.0. The molecule has 2 amide bonds. The molecule has 1 N–H and O–H groups in total. The lowest BCUT2D eigenvalue weighted by Gasteiger charge is -2.22. The molecule has 0 atom stereocenters. The van der Waals surface area contributed by atoms with Crippen LogP contribution < -0.4 is 14.8 Å². The summed E-state index contributed by atoms with van der Waals surface area (Å²) in [7, 11) is 2.88. The van der Waals surface area contributed by atoms with Crippen molar-refractivity contribution in [2.45, 2.75) is 34.6 Å². The van der Waals surface area contributed by atoms with Gasteiger partial charge in [0.25, 0.3) is 5.91 Å². The second kappa shape index (κ2) is 10.7. The van der Waals surface area contributed by atoms with Crippen LogP contribution in [0, 0.1) is 5.41 Å². The third-order valence-electron chi connectivity index (χ3n) is 4.19. The molecule has 0 bridgehead atoms. The van der Waals surface area contributed by atoms with Gasteiger partial charge in [0.1, 0.15) is 0 Å². The van der Waals surface area contributed by atoms with E-state index in [0.29, 0.717) is 24.6 Å². The number of rotatable bonds is 9. The van der Waals surface area contributed by atoms with Crippen LogP contribution in [0.25, 0.3) is 0 Å². The number of nitrogens with one attached hydrogen (secondary N) is 1. The monoisotopic (exact) mass is 420 g/mol. The Bertz CT molecular complexity index is 811. The van der Waals surface area contributed by atoms with E-state index in [0.717, 1.165) is 5.57 Å². The van der Waals surface area contributed by atoms with Gasteiger partial charge in [0, 0.05) is 30.6 Å². The van der Waals surface area contributed by atoms with Crippen molar-refractivity contribution in [3.8, 4) is 11.5 Å². The summed E-state index contributed by atoms with van der Waals surface area (Å²) in [4.78, 5) is 39.1. The maximum Gasteiger partial charge on any atom is 0.340 e. The van der Waals surface area contributed by atoms with Crippen molar-refractivity contribution in [2.75, 3.05) is 39.2 Å². The van der Waals surface area contributed by atoms with E-state index < -0.39 is 18.0 Å². The van der Waals surface area contributed by atoms with Gasteiger partial charge in [0.2, 0.25) is 5.91 Å². The molecule has 0 saturated heterocycles. The summed E-state index contributed by atoms with van der Waals surface area (Å²) in [6.07, 6.45) is 0. The zero-order valence-corrected chi connectivity index (χ0v) is 18.9. The lowest BCUT2D eigenvalue weighted by molar-refractivity contribution is -0.134. The number of carbonyl (C=O) groups is 3. The summed E-state index contributed by atoms with van der Waals surface area (Å²) < 4.78 is 15.7. The van der Waals surface area contributed by atoms with Crippen LogP contribution in [0.3, 0.4) is 0 Å². The number of benzene rings is 1. The average Bonchev–Trinajstić information content (AvgIpc) is 2.68. The Hall–Kier alpha value is -3.03. The van der Waals surface area contributed by atoms with Crippen LogP contribution in [0.1, 0.15) is 45.0 Å². The number of methoxy groups -OCH3 is 2. The fraction of sp³-hybridized carbons (Fsp3) is 0.500. The van der Waals surface area contributed by atoms with Gasteiger partial charge in [-0.3, -0.25) is 9.59 Å². The number of carbonyl (C=O) groups excluding carboxylic acids is 3. The summed E-state index contributed by atoms with van der Waals surface area (Å²) >= 11 is 0. The van der Waals surface area contributed by atoms with Crippen molar-refractivity contribution in [1.82, 2.24) is 4.90 Å². The first-order valence-corrected chi connectivity index (χ1v) is 9.61. The number of likely N-dealkylation sites (N-methyl/N-ethyl adjacent to an activating group) is 1. The van der Waals surface area contributed by atoms with Crippen molar-refractivity contribution in [3.63, 3.8) is 0 Å². The average molecular weight is 421 g/mol. The van der Waals surface area contributed by atoms with Gasteiger partial charge in [-0.05, 0) is 13.8 Å². The third kappa shape index (κ3) is 6.79. The molecule has 1 aromatic rings. The third-order valence-corrected chi connectivity index (χ3v) is 4.19. The molecule has 0 heterocycles. The molecule has 0 unspecified atom stereocenters. The summed E-state index contributed by atoms with van der Waals surface area (Å²) in [6.45, 7) is 13.1. The molecule has 166 valence electrons. The summed E-state index contributed by atoms with van der Waals surface area (Å²) in [5.74, 6) is -0.761. The van der Waals surface area contributed by atoms with E-state index in [1.54, 1.807) is 20.8 Å². The van der Waals surface area contributed by atoms with E-state index in [1.807, 2.05) is 13.8 Å². The number of amides is 2. The molecule has 1 rings (SSSR count). The van der Waals surface area contributed by atoms with Crippen molar-refractivity contribution in [2.24, 2.45) is 5.41 Å². The van der Waals surface area contributed by atoms with Crippen molar-refractivity contribution >= 4 is 23.5 Å². The fourth-order valence-electron chi connectivity index (χ4n) is 2.46. The zero-order valence-electron chi connectivity index (χ0n) is 18.9. The molecule has 1 aromatic carbocycles. The van der Waals surface area contributed by atoms with Crippen molar-refractivity contribution in [1.29, 1.82) is 0 Å². The molecule has 8 nitrogen and oxygen atoms in total. The minimum atomic E-state index is -0.764. The van der Waals surface area contributed by atoms with Gasteiger partial charge < -0.3 is 24.4 Å². The van der Waals surface area contributed by atoms with Crippen LogP contribution in [0.5, 0.6) is 11.5 Å². The van der Waals surface area contributed by atoms with Crippen LogP contribution in [0.4, 0.5) is 5.69 Å². The second-order valence-electron chi connectivity index (χ2n) is 7.90. The number of hydrogen-bond acceptors (Lipinski definition) is 6. The first-order valence-electron chi connectivity index (χ1n) is 9.61. The van der Waals surface area contributed by atoms with Gasteiger partial charge in [-0.25, -0.2) is 4.79 Å². The maximum atomic E-state index is 12.7. The van der Waals surface area contributed by atoms with Crippen LogP contribution in [-0.4, -0.2) is 56.6 Å². The quantitative estimate of drug-likeness (QED) is 0.487. The first-order chi connectivity index (χ1) is 13.9. The second-order valence-corrected chi connectivity index (χ2v) is 7.90. The predicted octanol–water partition coefficient (Wildman–Crippen LogP) is 3.27. The number of ether oxygens (including phenoxy) is 3. The zero-order chi connectivity index (χ0) is 23.1. The Balaban J connectivity index is 3.14. The SMILES string of the molecule is C=C(C)CN(CC)C(=O)COC(=O)c1cc(OC)c(OC)cc1NC(=O)C(C)(C)C. The standard InChI is InChI=1S/C22H32N2O6/c1-9-24(12-14(2)3)19(25)13-30-20(26)15-10-17(28-7)18(29-8)11-16(15)23-21(27)22(4,5)6/h10-11H,2,9,12-13H2,1,3-8H3,(H,23,27). The molecular formula is C22H32N2O6. The fourth-order valence-corrected chi connectivity index (χ4v) is 2.46. The molecule has 0 aromatic heterocycles. The minimum Gasteiger partial charge on any atom is -0.493 e. The van der Waals surface area contributed by atoms with Gasteiger partial charge in [0.05, 0.1) is 25.5 Å². The molecular weight excluding hydrogens is 388 g/mol. The summed E-state index contributed by atoms with van der Waals surface area (Å²) in [6, 6.07) is 2.90. The molecule has 0 spiro atoms. The largest absolute Gasteiger partial charge is 0.493 e. The lowest BCUT2D eigenvalue weighted by Crippen LogP contribution is -2.35. The highest BCUT2D eigenvalue weighted by molar-refractivity contribution is 6.04. The van der Waals surface area contributed by atoms with E-state index in [1.165, 1.54) is 31.3 Å². The lowest BCUT2D eigenvalue weighted by atomic mass is 9.95. The van der Waals surface area contributed by atoms with Crippen LogP contribution in [-0.2, 0) is 14.3 Å². The summed E-state index contributed by atoms with van der Waals surface area (Å²) in [5, 5.41) is 2.72. The molecule has 0 radical (unpaired) electrons. The highest BCUT2D eigenvalue weighted by Crippen LogP contribution is 2.34. The molecule has 0 fully saturated rings. The van der Waals surface area contributed by atoms with E-state index in [2.05, 4.69) is 11.9 Å². The van der Waals surface area contributed by atoms with E-state index in [-0.39, 0.29) is 23.1 Å². The van der Waals surface area contributed by atoms with E-state index in [4.69, 9.17) is 14.2 Å². The highest BCUT2D eigenvalue weighted by Gasteiger charge is 2.26. The van der Waals surface area contributed by atoms with Crippen molar-refractivity contribution in [3.05, 3.63) is 29.8 Å². The maximum absolute atomic E-state index is 12.7. The molecule has 0 aliphatic carbocycles. The van der Waals surface area contributed by atoms with Crippen LogP contribution in [0.15, 0.2) is 24.3 Å².